The molecule has 28 heavy (non-hydrogen) atoms. The number of benzene rings is 1. The summed E-state index contributed by atoms with van der Waals surface area (Å²) in [5.74, 6) is -0.164. The van der Waals surface area contributed by atoms with E-state index in [0.29, 0.717) is 12.0 Å². The highest BCUT2D eigenvalue weighted by molar-refractivity contribution is 5.78. The predicted octanol–water partition coefficient (Wildman–Crippen LogP) is 0.415. The SMILES string of the molecule is CCc1cn([C@H]2C[C@H](O)[C@@H](CNC(=O)Cc3ccccc3C)O2)c(=O)[nH]c1=O. The number of H-pyrrole nitrogens is 1. The normalized spacial score (nSPS) is 21.6. The van der Waals surface area contributed by atoms with Gasteiger partial charge in [-0.05, 0) is 24.5 Å². The van der Waals surface area contributed by atoms with Crippen LogP contribution in [0.15, 0.2) is 40.1 Å². The van der Waals surface area contributed by atoms with Gasteiger partial charge in [0, 0.05) is 24.7 Å². The van der Waals surface area contributed by atoms with E-state index >= 15 is 0 Å². The third-order valence-electron chi connectivity index (χ3n) is 5.05. The molecule has 2 heterocycles. The fraction of sp³-hybridized carbons (Fsp3) is 0.450. The van der Waals surface area contributed by atoms with Gasteiger partial charge >= 0.3 is 5.69 Å². The Morgan fingerprint density at radius 3 is 2.79 bits per heavy atom. The topological polar surface area (TPSA) is 113 Å². The highest BCUT2D eigenvalue weighted by Crippen LogP contribution is 2.27. The highest BCUT2D eigenvalue weighted by Gasteiger charge is 2.35. The van der Waals surface area contributed by atoms with E-state index < -0.39 is 29.7 Å². The van der Waals surface area contributed by atoms with Crippen molar-refractivity contribution < 1.29 is 14.6 Å². The van der Waals surface area contributed by atoms with Crippen molar-refractivity contribution in [1.29, 1.82) is 0 Å². The van der Waals surface area contributed by atoms with Crippen molar-refractivity contribution in [3.05, 3.63) is 68.0 Å². The summed E-state index contributed by atoms with van der Waals surface area (Å²) in [5, 5.41) is 13.1. The molecule has 150 valence electrons. The molecule has 1 aromatic carbocycles. The van der Waals surface area contributed by atoms with Crippen molar-refractivity contribution in [1.82, 2.24) is 14.9 Å². The third kappa shape index (κ3) is 4.40. The molecule has 8 heteroatoms. The molecule has 0 bridgehead atoms. The number of rotatable bonds is 6. The summed E-state index contributed by atoms with van der Waals surface area (Å²) in [4.78, 5) is 38.3. The van der Waals surface area contributed by atoms with E-state index in [1.165, 1.54) is 10.8 Å². The summed E-state index contributed by atoms with van der Waals surface area (Å²) in [7, 11) is 0. The smallest absolute Gasteiger partial charge is 0.330 e. The lowest BCUT2D eigenvalue weighted by molar-refractivity contribution is -0.121. The minimum absolute atomic E-state index is 0.140. The van der Waals surface area contributed by atoms with Crippen molar-refractivity contribution in [2.24, 2.45) is 0 Å². The molecule has 1 aromatic heterocycles. The Morgan fingerprint density at radius 1 is 1.32 bits per heavy atom. The van der Waals surface area contributed by atoms with Gasteiger partial charge in [-0.25, -0.2) is 4.79 Å². The summed E-state index contributed by atoms with van der Waals surface area (Å²) in [5.41, 5.74) is 1.45. The van der Waals surface area contributed by atoms with E-state index in [4.69, 9.17) is 4.74 Å². The lowest BCUT2D eigenvalue weighted by Gasteiger charge is -2.17. The molecule has 3 rings (SSSR count). The average molecular weight is 387 g/mol. The number of hydrogen-bond donors (Lipinski definition) is 3. The van der Waals surface area contributed by atoms with Crippen molar-refractivity contribution in [2.75, 3.05) is 6.54 Å². The van der Waals surface area contributed by atoms with Crippen molar-refractivity contribution in [3.8, 4) is 0 Å². The second-order valence-corrected chi connectivity index (χ2v) is 7.01. The van der Waals surface area contributed by atoms with Gasteiger partial charge in [-0.1, -0.05) is 31.2 Å². The zero-order valence-electron chi connectivity index (χ0n) is 16.0. The van der Waals surface area contributed by atoms with E-state index in [2.05, 4.69) is 10.3 Å². The van der Waals surface area contributed by atoms with E-state index in [-0.39, 0.29) is 25.3 Å². The highest BCUT2D eigenvalue weighted by atomic mass is 16.5. The molecule has 0 spiro atoms. The molecule has 1 amide bonds. The largest absolute Gasteiger partial charge is 0.390 e. The molecule has 3 N–H and O–H groups in total. The first-order valence-corrected chi connectivity index (χ1v) is 9.38. The van der Waals surface area contributed by atoms with Gasteiger partial charge in [0.05, 0.1) is 12.5 Å². The minimum Gasteiger partial charge on any atom is -0.390 e. The molecule has 0 radical (unpaired) electrons. The maximum Gasteiger partial charge on any atom is 0.330 e. The molecule has 1 fully saturated rings. The number of hydrogen-bond acceptors (Lipinski definition) is 5. The summed E-state index contributed by atoms with van der Waals surface area (Å²) in [6, 6.07) is 7.65. The van der Waals surface area contributed by atoms with Crippen LogP contribution >= 0.6 is 0 Å². The van der Waals surface area contributed by atoms with Gasteiger partial charge in [-0.3, -0.25) is 19.1 Å². The molecular formula is C20H25N3O5. The van der Waals surface area contributed by atoms with Gasteiger partial charge in [0.15, 0.2) is 0 Å². The van der Waals surface area contributed by atoms with Crippen LogP contribution in [0.2, 0.25) is 0 Å². The summed E-state index contributed by atoms with van der Waals surface area (Å²) in [6.45, 7) is 3.90. The van der Waals surface area contributed by atoms with E-state index in [0.717, 1.165) is 11.1 Å². The van der Waals surface area contributed by atoms with Gasteiger partial charge < -0.3 is 15.2 Å². The Kier molecular flexibility index (Phi) is 6.11. The number of carbonyl (C=O) groups is 1. The zero-order valence-corrected chi connectivity index (χ0v) is 16.0. The zero-order chi connectivity index (χ0) is 20.3. The first kappa shape index (κ1) is 20.0. The molecule has 1 aliphatic rings. The second-order valence-electron chi connectivity index (χ2n) is 7.01. The number of aromatic amines is 1. The fourth-order valence-electron chi connectivity index (χ4n) is 3.32. The first-order chi connectivity index (χ1) is 13.4. The Balaban J connectivity index is 1.61. The number of nitrogens with zero attached hydrogens (tertiary/aromatic N) is 1. The van der Waals surface area contributed by atoms with Crippen LogP contribution in [0.4, 0.5) is 0 Å². The number of carbonyl (C=O) groups excluding carboxylic acids is 1. The summed E-state index contributed by atoms with van der Waals surface area (Å²) in [6.07, 6.45) is 0.248. The minimum atomic E-state index is -0.826. The third-order valence-corrected chi connectivity index (χ3v) is 5.05. The standard InChI is InChI=1S/C20H25N3O5/c1-3-13-11-23(20(27)22-19(13)26)18-9-15(24)16(28-18)10-21-17(25)8-14-7-5-4-6-12(14)2/h4-7,11,15-16,18,24H,3,8-10H2,1-2H3,(H,21,25)(H,22,26,27)/t15-,16+,18+/m0/s1. The lowest BCUT2D eigenvalue weighted by Crippen LogP contribution is -2.38. The molecule has 1 saturated heterocycles. The number of amides is 1. The quantitative estimate of drug-likeness (QED) is 0.665. The van der Waals surface area contributed by atoms with E-state index in [1.54, 1.807) is 0 Å². The predicted molar refractivity (Wildman–Crippen MR) is 103 cm³/mol. The second kappa shape index (κ2) is 8.53. The van der Waals surface area contributed by atoms with Crippen LogP contribution in [-0.4, -0.2) is 39.3 Å². The van der Waals surface area contributed by atoms with Crippen LogP contribution in [0.3, 0.4) is 0 Å². The van der Waals surface area contributed by atoms with Crippen LogP contribution in [0.1, 0.15) is 36.3 Å². The van der Waals surface area contributed by atoms with Gasteiger partial charge in [0.1, 0.15) is 12.3 Å². The molecule has 0 saturated carbocycles. The van der Waals surface area contributed by atoms with Crippen LogP contribution in [0.25, 0.3) is 0 Å². The Labute approximate surface area is 162 Å². The Morgan fingerprint density at radius 2 is 2.07 bits per heavy atom. The molecular weight excluding hydrogens is 362 g/mol. The van der Waals surface area contributed by atoms with Gasteiger partial charge in [-0.15, -0.1) is 0 Å². The number of ether oxygens (including phenoxy) is 1. The van der Waals surface area contributed by atoms with E-state index in [1.807, 2.05) is 38.1 Å². The maximum absolute atomic E-state index is 12.2. The monoisotopic (exact) mass is 387 g/mol. The van der Waals surface area contributed by atoms with Gasteiger partial charge in [0.2, 0.25) is 5.91 Å². The van der Waals surface area contributed by atoms with Crippen molar-refractivity contribution in [3.63, 3.8) is 0 Å². The summed E-state index contributed by atoms with van der Waals surface area (Å²) < 4.78 is 7.07. The first-order valence-electron chi connectivity index (χ1n) is 9.38. The van der Waals surface area contributed by atoms with Crippen molar-refractivity contribution >= 4 is 5.91 Å². The number of aliphatic hydroxyl groups is 1. The number of aryl methyl sites for hydroxylation is 2. The molecule has 0 unspecified atom stereocenters. The van der Waals surface area contributed by atoms with Crippen LogP contribution in [0, 0.1) is 6.92 Å². The lowest BCUT2D eigenvalue weighted by atomic mass is 10.1. The molecule has 1 aliphatic heterocycles. The number of aliphatic hydroxyl groups excluding tert-OH is 1. The van der Waals surface area contributed by atoms with E-state index in [9.17, 15) is 19.5 Å². The van der Waals surface area contributed by atoms with Crippen LogP contribution < -0.4 is 16.6 Å². The Bertz CT molecular complexity index is 965. The molecule has 8 nitrogen and oxygen atoms in total. The maximum atomic E-state index is 12.2. The fourth-order valence-corrected chi connectivity index (χ4v) is 3.32. The van der Waals surface area contributed by atoms with Gasteiger partial charge in [-0.2, -0.15) is 0 Å². The molecule has 3 atom stereocenters. The Hall–Kier alpha value is -2.71. The molecule has 2 aromatic rings. The van der Waals surface area contributed by atoms with Gasteiger partial charge in [0.25, 0.3) is 5.56 Å². The molecule has 0 aliphatic carbocycles. The summed E-state index contributed by atoms with van der Waals surface area (Å²) >= 11 is 0. The van der Waals surface area contributed by atoms with Crippen LogP contribution in [0.5, 0.6) is 0 Å². The number of aromatic nitrogens is 2. The van der Waals surface area contributed by atoms with Crippen molar-refractivity contribution in [2.45, 2.75) is 51.5 Å². The van der Waals surface area contributed by atoms with Crippen LogP contribution in [-0.2, 0) is 22.4 Å². The number of nitrogens with one attached hydrogen (secondary N) is 2. The average Bonchev–Trinajstić information content (AvgIpc) is 3.02.